The Hall–Kier alpha value is -1.88. The normalized spacial score (nSPS) is 15.1. The maximum atomic E-state index is 12.3. The van der Waals surface area contributed by atoms with Gasteiger partial charge in [0.15, 0.2) is 0 Å². The molecule has 0 saturated carbocycles. The fraction of sp³-hybridized carbons (Fsp3) is 0.529. The van der Waals surface area contributed by atoms with Crippen LogP contribution in [-0.2, 0) is 16.1 Å². The number of hydrogen-bond acceptors (Lipinski definition) is 3. The molecule has 122 valence electrons. The number of carboxylic acids is 1. The van der Waals surface area contributed by atoms with Crippen LogP contribution in [0.2, 0.25) is 0 Å². The molecule has 3 atom stereocenters. The van der Waals surface area contributed by atoms with Crippen molar-refractivity contribution in [3.05, 3.63) is 35.9 Å². The number of benzene rings is 1. The van der Waals surface area contributed by atoms with Crippen LogP contribution in [-0.4, -0.2) is 41.0 Å². The molecular weight excluding hydrogens is 280 g/mol. The molecule has 22 heavy (non-hydrogen) atoms. The molecule has 0 spiro atoms. The Bertz CT molecular complexity index is 490. The number of carboxylic acid groups (broad SMARTS) is 1. The molecule has 5 heteroatoms. The Labute approximate surface area is 132 Å². The second kappa shape index (κ2) is 8.54. The second-order valence-electron chi connectivity index (χ2n) is 5.79. The summed E-state index contributed by atoms with van der Waals surface area (Å²) < 4.78 is 0. The summed E-state index contributed by atoms with van der Waals surface area (Å²) in [6.45, 7) is 6.17. The molecular formula is C17H26N2O3. The smallest absolute Gasteiger partial charge is 0.326 e. The summed E-state index contributed by atoms with van der Waals surface area (Å²) in [5.41, 5.74) is 1.11. The van der Waals surface area contributed by atoms with Gasteiger partial charge in [0.25, 0.3) is 0 Å². The Morgan fingerprint density at radius 2 is 1.82 bits per heavy atom. The van der Waals surface area contributed by atoms with E-state index in [1.807, 2.05) is 56.1 Å². The molecule has 0 heterocycles. The molecule has 1 unspecified atom stereocenters. The maximum absolute atomic E-state index is 12.3. The number of rotatable bonds is 8. The summed E-state index contributed by atoms with van der Waals surface area (Å²) in [6.07, 6.45) is 0.700. The van der Waals surface area contributed by atoms with Gasteiger partial charge < -0.3 is 10.4 Å². The van der Waals surface area contributed by atoms with Crippen molar-refractivity contribution in [2.45, 2.75) is 45.8 Å². The van der Waals surface area contributed by atoms with E-state index in [1.165, 1.54) is 0 Å². The van der Waals surface area contributed by atoms with Gasteiger partial charge >= 0.3 is 5.97 Å². The quantitative estimate of drug-likeness (QED) is 0.772. The first-order valence-corrected chi connectivity index (χ1v) is 7.64. The van der Waals surface area contributed by atoms with Crippen LogP contribution < -0.4 is 5.32 Å². The summed E-state index contributed by atoms with van der Waals surface area (Å²) in [7, 11) is 1.86. The van der Waals surface area contributed by atoms with Crippen LogP contribution in [0.25, 0.3) is 0 Å². The Morgan fingerprint density at radius 3 is 2.32 bits per heavy atom. The van der Waals surface area contributed by atoms with Crippen molar-refractivity contribution in [1.82, 2.24) is 10.2 Å². The third-order valence-electron chi connectivity index (χ3n) is 4.09. The number of carbonyl (C=O) groups is 2. The predicted molar refractivity (Wildman–Crippen MR) is 86.4 cm³/mol. The first kappa shape index (κ1) is 18.2. The van der Waals surface area contributed by atoms with Gasteiger partial charge in [0.05, 0.1) is 6.04 Å². The maximum Gasteiger partial charge on any atom is 0.326 e. The van der Waals surface area contributed by atoms with E-state index in [0.717, 1.165) is 5.56 Å². The lowest BCUT2D eigenvalue weighted by Crippen LogP contribution is -2.51. The van der Waals surface area contributed by atoms with Crippen LogP contribution in [0.4, 0.5) is 0 Å². The van der Waals surface area contributed by atoms with Gasteiger partial charge in [-0.2, -0.15) is 0 Å². The van der Waals surface area contributed by atoms with Crippen LogP contribution >= 0.6 is 0 Å². The average Bonchev–Trinajstić information content (AvgIpc) is 2.51. The minimum atomic E-state index is -0.986. The van der Waals surface area contributed by atoms with E-state index in [4.69, 9.17) is 0 Å². The fourth-order valence-electron chi connectivity index (χ4n) is 2.17. The number of hydrogen-bond donors (Lipinski definition) is 2. The first-order valence-electron chi connectivity index (χ1n) is 7.64. The molecule has 1 aromatic carbocycles. The number of nitrogens with one attached hydrogen (secondary N) is 1. The average molecular weight is 306 g/mol. The highest BCUT2D eigenvalue weighted by atomic mass is 16.4. The third kappa shape index (κ3) is 5.15. The molecule has 0 aromatic heterocycles. The fourth-order valence-corrected chi connectivity index (χ4v) is 2.17. The molecule has 0 fully saturated rings. The van der Waals surface area contributed by atoms with Crippen molar-refractivity contribution < 1.29 is 14.7 Å². The molecule has 1 aromatic rings. The van der Waals surface area contributed by atoms with Crippen LogP contribution in [0.5, 0.6) is 0 Å². The standard InChI is InChI=1S/C17H26N2O3/c1-5-12(2)15(17(21)22)18-16(20)13(3)19(4)11-14-9-7-6-8-10-14/h6-10,12-13,15H,5,11H2,1-4H3,(H,18,20)(H,21,22)/t12-,13?,15-/m0/s1. The van der Waals surface area contributed by atoms with Crippen molar-refractivity contribution in [2.75, 3.05) is 7.05 Å². The lowest BCUT2D eigenvalue weighted by molar-refractivity contribution is -0.144. The molecule has 0 aliphatic carbocycles. The summed E-state index contributed by atoms with van der Waals surface area (Å²) in [5.74, 6) is -1.35. The SMILES string of the molecule is CC[C@H](C)[C@H](NC(=O)C(C)N(C)Cc1ccccc1)C(=O)O. The number of nitrogens with zero attached hydrogens (tertiary/aromatic N) is 1. The van der Waals surface area contributed by atoms with Crippen LogP contribution in [0.1, 0.15) is 32.8 Å². The van der Waals surface area contributed by atoms with E-state index in [0.29, 0.717) is 13.0 Å². The topological polar surface area (TPSA) is 69.6 Å². The van der Waals surface area contributed by atoms with Crippen LogP contribution in [0.15, 0.2) is 30.3 Å². The zero-order valence-electron chi connectivity index (χ0n) is 13.7. The molecule has 0 saturated heterocycles. The van der Waals surface area contributed by atoms with E-state index < -0.39 is 18.1 Å². The van der Waals surface area contributed by atoms with E-state index in [-0.39, 0.29) is 11.8 Å². The lowest BCUT2D eigenvalue weighted by Gasteiger charge is -2.27. The molecule has 0 aliphatic rings. The zero-order valence-corrected chi connectivity index (χ0v) is 13.7. The molecule has 1 amide bonds. The first-order chi connectivity index (χ1) is 10.4. The molecule has 0 aliphatic heterocycles. The highest BCUT2D eigenvalue weighted by molar-refractivity contribution is 5.86. The van der Waals surface area contributed by atoms with Gasteiger partial charge in [0.1, 0.15) is 6.04 Å². The summed E-state index contributed by atoms with van der Waals surface area (Å²) in [6, 6.07) is 8.62. The highest BCUT2D eigenvalue weighted by Gasteiger charge is 2.28. The Morgan fingerprint density at radius 1 is 1.23 bits per heavy atom. The summed E-state index contributed by atoms with van der Waals surface area (Å²) in [4.78, 5) is 25.5. The predicted octanol–water partition coefficient (Wildman–Crippen LogP) is 2.12. The molecule has 5 nitrogen and oxygen atoms in total. The van der Waals surface area contributed by atoms with Gasteiger partial charge in [-0.25, -0.2) is 4.79 Å². The van der Waals surface area contributed by atoms with Crippen molar-refractivity contribution >= 4 is 11.9 Å². The second-order valence-corrected chi connectivity index (χ2v) is 5.79. The monoisotopic (exact) mass is 306 g/mol. The van der Waals surface area contributed by atoms with Crippen molar-refractivity contribution in [1.29, 1.82) is 0 Å². The van der Waals surface area contributed by atoms with E-state index >= 15 is 0 Å². The van der Waals surface area contributed by atoms with Gasteiger partial charge in [-0.3, -0.25) is 9.69 Å². The largest absolute Gasteiger partial charge is 0.480 e. The summed E-state index contributed by atoms with van der Waals surface area (Å²) in [5, 5.41) is 11.9. The van der Waals surface area contributed by atoms with Crippen molar-refractivity contribution in [3.63, 3.8) is 0 Å². The molecule has 0 radical (unpaired) electrons. The van der Waals surface area contributed by atoms with Crippen LogP contribution in [0, 0.1) is 5.92 Å². The highest BCUT2D eigenvalue weighted by Crippen LogP contribution is 2.10. The number of aliphatic carboxylic acids is 1. The lowest BCUT2D eigenvalue weighted by atomic mass is 9.99. The Kier molecular flexibility index (Phi) is 7.05. The van der Waals surface area contributed by atoms with Gasteiger partial charge in [0, 0.05) is 6.54 Å². The number of amides is 1. The third-order valence-corrected chi connectivity index (χ3v) is 4.09. The molecule has 1 rings (SSSR count). The van der Waals surface area contributed by atoms with Gasteiger partial charge in [0.2, 0.25) is 5.91 Å². The number of carbonyl (C=O) groups excluding carboxylic acids is 1. The van der Waals surface area contributed by atoms with Gasteiger partial charge in [-0.1, -0.05) is 50.6 Å². The summed E-state index contributed by atoms with van der Waals surface area (Å²) >= 11 is 0. The Balaban J connectivity index is 2.65. The zero-order chi connectivity index (χ0) is 16.7. The molecule has 2 N–H and O–H groups in total. The minimum absolute atomic E-state index is 0.104. The van der Waals surface area contributed by atoms with Crippen LogP contribution in [0.3, 0.4) is 0 Å². The molecule has 0 bridgehead atoms. The van der Waals surface area contributed by atoms with E-state index in [1.54, 1.807) is 6.92 Å². The number of likely N-dealkylation sites (N-methyl/N-ethyl adjacent to an activating group) is 1. The van der Waals surface area contributed by atoms with Crippen molar-refractivity contribution in [3.8, 4) is 0 Å². The van der Waals surface area contributed by atoms with Gasteiger partial charge in [-0.05, 0) is 25.5 Å². The van der Waals surface area contributed by atoms with Crippen molar-refractivity contribution in [2.24, 2.45) is 5.92 Å². The minimum Gasteiger partial charge on any atom is -0.480 e. The van der Waals surface area contributed by atoms with E-state index in [2.05, 4.69) is 5.32 Å². The van der Waals surface area contributed by atoms with E-state index in [9.17, 15) is 14.7 Å². The van der Waals surface area contributed by atoms with Gasteiger partial charge in [-0.15, -0.1) is 0 Å².